The summed E-state index contributed by atoms with van der Waals surface area (Å²) in [6.45, 7) is 10.5. The summed E-state index contributed by atoms with van der Waals surface area (Å²) < 4.78 is 63.9. The quantitative estimate of drug-likeness (QED) is 0.0310. The molecule has 726 valence electrons. The van der Waals surface area contributed by atoms with E-state index in [4.69, 9.17) is 56.8 Å². The van der Waals surface area contributed by atoms with Gasteiger partial charge in [0.25, 0.3) is 17.7 Å². The Morgan fingerprint density at radius 2 is 0.323 bits per heavy atom. The molecule has 0 aliphatic heterocycles. The molecule has 0 aromatic heterocycles. The minimum Gasteiger partial charge on any atom is -0.462 e. The molecule has 0 heterocycles. The predicted octanol–water partition coefficient (Wildman–Crippen LogP) is 13.2. The van der Waals surface area contributed by atoms with Crippen LogP contribution in [0, 0.1) is 0 Å². The van der Waals surface area contributed by atoms with E-state index in [9.17, 15) is 71.9 Å². The van der Waals surface area contributed by atoms with Crippen molar-refractivity contribution in [2.75, 3.05) is 158 Å². The number of nitrogens with zero attached hydrogens (tertiary/aromatic N) is 3. The molecule has 0 bridgehead atoms. The van der Waals surface area contributed by atoms with Gasteiger partial charge in [0.05, 0.1) is 38.5 Å². The van der Waals surface area contributed by atoms with Crippen molar-refractivity contribution in [1.82, 2.24) is 30.7 Å². The molecule has 1 aromatic rings. The Labute approximate surface area is 755 Å². The molecule has 1 aromatic carbocycles. The van der Waals surface area contributed by atoms with Gasteiger partial charge in [-0.15, -0.1) is 0 Å². The van der Waals surface area contributed by atoms with Gasteiger partial charge in [0.2, 0.25) is 0 Å². The molecular formula is C94H158N6O27. The molecule has 0 atom stereocenters. The van der Waals surface area contributed by atoms with Gasteiger partial charge in [-0.25, -0.2) is 0 Å². The molecule has 0 spiro atoms. The van der Waals surface area contributed by atoms with Crippen molar-refractivity contribution in [2.24, 2.45) is 0 Å². The summed E-state index contributed by atoms with van der Waals surface area (Å²) >= 11 is 0. The van der Waals surface area contributed by atoms with Crippen LogP contribution in [0.2, 0.25) is 0 Å². The Balaban J connectivity index is 3.67. The van der Waals surface area contributed by atoms with E-state index >= 15 is 0 Å². The summed E-state index contributed by atoms with van der Waals surface area (Å²) in [5, 5.41) is 8.43. The van der Waals surface area contributed by atoms with Crippen LogP contribution in [0.1, 0.15) is 349 Å². The first-order valence-electron chi connectivity index (χ1n) is 47.6. The van der Waals surface area contributed by atoms with Crippen molar-refractivity contribution in [2.45, 2.75) is 318 Å². The highest BCUT2D eigenvalue weighted by Crippen LogP contribution is 2.16. The maximum Gasteiger partial charge on any atom is 0.307 e. The minimum atomic E-state index is -0.752. The maximum absolute atomic E-state index is 14.5. The van der Waals surface area contributed by atoms with Crippen LogP contribution in [0.5, 0.6) is 0 Å². The van der Waals surface area contributed by atoms with Gasteiger partial charge in [-0.2, -0.15) is 0 Å². The zero-order chi connectivity index (χ0) is 93.2. The van der Waals surface area contributed by atoms with Gasteiger partial charge in [-0.05, 0) is 56.7 Å². The topological polar surface area (TPSA) is 413 Å². The van der Waals surface area contributed by atoms with E-state index < -0.39 is 89.4 Å². The van der Waals surface area contributed by atoms with E-state index in [0.717, 1.165) is 161 Å². The number of esters is 12. The van der Waals surface area contributed by atoms with Crippen molar-refractivity contribution in [3.63, 3.8) is 0 Å². The molecule has 1 rings (SSSR count). The van der Waals surface area contributed by atoms with E-state index in [1.54, 1.807) is 14.7 Å². The van der Waals surface area contributed by atoms with Crippen LogP contribution in [0.3, 0.4) is 0 Å². The lowest BCUT2D eigenvalue weighted by molar-refractivity contribution is -0.153. The Morgan fingerprint density at radius 3 is 0.472 bits per heavy atom. The lowest BCUT2D eigenvalue weighted by Crippen LogP contribution is -2.39. The molecule has 0 unspecified atom stereocenters. The third-order valence-electron chi connectivity index (χ3n) is 20.5. The molecule has 0 saturated heterocycles. The smallest absolute Gasteiger partial charge is 0.307 e. The monoisotopic (exact) mass is 1800 g/mol. The van der Waals surface area contributed by atoms with E-state index in [0.29, 0.717) is 38.5 Å². The summed E-state index contributed by atoms with van der Waals surface area (Å²) in [7, 11) is 0. The van der Waals surface area contributed by atoms with E-state index in [1.807, 2.05) is 0 Å². The summed E-state index contributed by atoms with van der Waals surface area (Å²) in [4.78, 5) is 201. The Morgan fingerprint density at radius 1 is 0.189 bits per heavy atom. The molecule has 3 N–H and O–H groups in total. The fourth-order valence-electron chi connectivity index (χ4n) is 13.0. The molecule has 33 nitrogen and oxygen atoms in total. The highest BCUT2D eigenvalue weighted by molar-refractivity contribution is 6.04. The Bertz CT molecular complexity index is 2920. The number of hydrogen-bond donors (Lipinski definition) is 3. The number of rotatable bonds is 85. The normalized spacial score (nSPS) is 11.0. The van der Waals surface area contributed by atoms with Gasteiger partial charge in [0.15, 0.2) is 0 Å². The average Bonchev–Trinajstić information content (AvgIpc) is 0.824. The average molecular weight is 1800 g/mol. The molecule has 0 saturated carbocycles. The van der Waals surface area contributed by atoms with Crippen molar-refractivity contribution >= 4 is 89.4 Å². The number of ether oxygens (including phenoxy) is 12. The van der Waals surface area contributed by atoms with Gasteiger partial charge < -0.3 is 87.5 Å². The fourth-order valence-corrected chi connectivity index (χ4v) is 13.0. The first-order chi connectivity index (χ1) is 61.5. The van der Waals surface area contributed by atoms with Crippen molar-refractivity contribution in [3.8, 4) is 0 Å². The van der Waals surface area contributed by atoms with E-state index in [-0.39, 0.29) is 252 Å². The van der Waals surface area contributed by atoms with Gasteiger partial charge in [0, 0.05) is 134 Å². The number of nitrogens with one attached hydrogen (secondary N) is 3. The van der Waals surface area contributed by atoms with Crippen molar-refractivity contribution < 1.29 is 129 Å². The third kappa shape index (κ3) is 70.8. The first kappa shape index (κ1) is 116. The van der Waals surface area contributed by atoms with Crippen molar-refractivity contribution in [1.29, 1.82) is 0 Å². The zero-order valence-corrected chi connectivity index (χ0v) is 78.0. The summed E-state index contributed by atoms with van der Waals surface area (Å²) in [5.74, 6) is -8.43. The fraction of sp³-hybridized carbons (Fsp3) is 0.777. The van der Waals surface area contributed by atoms with Gasteiger partial charge in [-0.3, -0.25) is 71.9 Å². The first-order valence-corrected chi connectivity index (χ1v) is 47.6. The van der Waals surface area contributed by atoms with E-state index in [1.165, 1.54) is 18.2 Å². The molecule has 0 aliphatic carbocycles. The number of benzene rings is 1. The van der Waals surface area contributed by atoms with Crippen LogP contribution in [0.25, 0.3) is 0 Å². The molecular weight excluding hydrogens is 1650 g/mol. The summed E-state index contributed by atoms with van der Waals surface area (Å²) in [5.41, 5.74) is -0.452. The lowest BCUT2D eigenvalue weighted by Gasteiger charge is -2.22. The molecule has 0 fully saturated rings. The van der Waals surface area contributed by atoms with Crippen LogP contribution in [-0.4, -0.2) is 262 Å². The zero-order valence-electron chi connectivity index (χ0n) is 78.0. The predicted molar refractivity (Wildman–Crippen MR) is 477 cm³/mol. The van der Waals surface area contributed by atoms with Crippen LogP contribution in [0.4, 0.5) is 0 Å². The van der Waals surface area contributed by atoms with Crippen LogP contribution >= 0.6 is 0 Å². The van der Waals surface area contributed by atoms with Gasteiger partial charge in [0.1, 0.15) is 79.3 Å². The molecule has 0 radical (unpaired) electrons. The van der Waals surface area contributed by atoms with E-state index in [2.05, 4.69) is 57.5 Å². The second-order valence-corrected chi connectivity index (χ2v) is 31.6. The number of unbranched alkanes of at least 4 members (excludes halogenated alkanes) is 25. The molecule has 3 amide bonds. The third-order valence-corrected chi connectivity index (χ3v) is 20.5. The largest absolute Gasteiger partial charge is 0.462 e. The number of carbonyl (C=O) groups excluding carboxylic acids is 15. The lowest BCUT2D eigenvalue weighted by atomic mass is 10.0. The van der Waals surface area contributed by atoms with Crippen molar-refractivity contribution in [3.05, 3.63) is 34.9 Å². The Hall–Kier alpha value is -8.85. The van der Waals surface area contributed by atoms with Gasteiger partial charge >= 0.3 is 71.6 Å². The second-order valence-electron chi connectivity index (χ2n) is 31.6. The number of amides is 3. The number of carbonyl (C=O) groups is 15. The molecule has 127 heavy (non-hydrogen) atoms. The highest BCUT2D eigenvalue weighted by atomic mass is 16.6. The SMILES string of the molecule is CCCCCCCCC(=O)OCCOC(=O)CCN(CCNC(=O)c1cc(C(=O)NCCN(CCC(=O)OCCOC(=O)CCCCCCC)CCC(=O)OCCOC(=O)CCCCCCC)cc(C(=O)NCCN(CCC(=O)OCCOC(=O)CCCCCCC)CCC(=O)OCCOC(=O)CCCCCCC)c1)CCC(=O)OCCOC(=O)CCCCCCC. The van der Waals surface area contributed by atoms with Gasteiger partial charge in [-0.1, -0.05) is 202 Å². The summed E-state index contributed by atoms with van der Waals surface area (Å²) in [6.07, 6.45) is 30.0. The standard InChI is InChI=1S/C94H158N6O27/c1-7-13-19-25-31-37-43-85(106)121-67-73-127-91(112)49-58-100(57-48-90(111)126-72-66-120-84(105)42-36-30-24-18-12-6)61-52-97-94(115)79-75-77(92(113)95-50-59-98(53-44-86(107)122-68-62-116-80(101)38-32-26-20-14-8-2)54-45-87(108)123-69-63-117-81(102)39-33-27-21-15-9-3)74-78(76-79)93(114)96-51-60-99(55-46-88(109)124-70-64-118-82(103)40-34-28-22-16-10-4)56-47-89(110)125-71-65-119-83(104)41-35-29-23-17-11-5/h74-76H,7-73H2,1-6H3,(H,95,113)(H,96,114)(H,97,115). The second kappa shape index (κ2) is 81.6. The molecule has 0 aliphatic rings. The van der Waals surface area contributed by atoms with Crippen LogP contribution in [-0.2, 0) is 114 Å². The van der Waals surface area contributed by atoms with Crippen LogP contribution in [0.15, 0.2) is 18.2 Å². The Kier molecular flexibility index (Phi) is 74.7. The maximum atomic E-state index is 14.5. The number of hydrogen-bond acceptors (Lipinski definition) is 30. The van der Waals surface area contributed by atoms with Crippen LogP contribution < -0.4 is 16.0 Å². The highest BCUT2D eigenvalue weighted by Gasteiger charge is 2.23. The molecule has 33 heteroatoms. The summed E-state index contributed by atoms with van der Waals surface area (Å²) in [6, 6.07) is 3.79. The minimum absolute atomic E-state index is 0.0264.